The number of rotatable bonds is 6. The number of quaternary nitrogens is 1. The highest BCUT2D eigenvalue weighted by atomic mass is 16.6. The van der Waals surface area contributed by atoms with Gasteiger partial charge in [0.2, 0.25) is 5.95 Å². The fourth-order valence-corrected chi connectivity index (χ4v) is 4.59. The summed E-state index contributed by atoms with van der Waals surface area (Å²) in [5, 5.41) is 7.00. The van der Waals surface area contributed by atoms with Crippen LogP contribution in [0.4, 0.5) is 5.95 Å². The molecule has 1 aromatic carbocycles. The molecule has 0 bridgehead atoms. The number of nitrogens with zero attached hydrogens (tertiary/aromatic N) is 2. The third-order valence-corrected chi connectivity index (χ3v) is 6.15. The Morgan fingerprint density at radius 2 is 2.00 bits per heavy atom. The Bertz CT molecular complexity index is 1170. The van der Waals surface area contributed by atoms with Crippen LogP contribution in [-0.2, 0) is 16.0 Å². The Hall–Kier alpha value is -3.20. The summed E-state index contributed by atoms with van der Waals surface area (Å²) in [7, 11) is 0. The first-order valence-electron chi connectivity index (χ1n) is 10.6. The molecule has 5 heterocycles. The normalized spacial score (nSPS) is 25.2. The molecule has 0 aliphatic carbocycles. The summed E-state index contributed by atoms with van der Waals surface area (Å²) >= 11 is 0. The predicted octanol–water partition coefficient (Wildman–Crippen LogP) is 1.93. The van der Waals surface area contributed by atoms with Crippen molar-refractivity contribution in [2.45, 2.75) is 30.8 Å². The lowest BCUT2D eigenvalue weighted by Crippen LogP contribution is -2.91. The topological polar surface area (TPSA) is 102 Å². The summed E-state index contributed by atoms with van der Waals surface area (Å²) in [6.07, 6.45) is 5.50. The Balaban J connectivity index is 1.10. The number of benzene rings is 1. The molecule has 2 saturated heterocycles. The van der Waals surface area contributed by atoms with Crippen LogP contribution >= 0.6 is 0 Å². The number of ether oxygens (including phenoxy) is 2. The molecule has 3 aromatic heterocycles. The molecule has 0 spiro atoms. The molecule has 4 aromatic rings. The molecule has 0 radical (unpaired) electrons. The minimum absolute atomic E-state index is 0.0138. The van der Waals surface area contributed by atoms with E-state index in [0.717, 1.165) is 18.0 Å². The van der Waals surface area contributed by atoms with Gasteiger partial charge in [-0.05, 0) is 24.3 Å². The van der Waals surface area contributed by atoms with Crippen molar-refractivity contribution < 1.29 is 19.2 Å². The second-order valence-corrected chi connectivity index (χ2v) is 8.05. The van der Waals surface area contributed by atoms with Crippen molar-refractivity contribution in [3.63, 3.8) is 0 Å². The molecule has 0 saturated carbocycles. The lowest BCUT2D eigenvalue weighted by atomic mass is 10.1. The van der Waals surface area contributed by atoms with Crippen LogP contribution in [0.3, 0.4) is 0 Å². The lowest BCUT2D eigenvalue weighted by Gasteiger charge is -2.17. The van der Waals surface area contributed by atoms with Crippen molar-refractivity contribution in [3.8, 4) is 11.5 Å². The van der Waals surface area contributed by atoms with Gasteiger partial charge in [0.25, 0.3) is 0 Å². The number of hydrogen-bond donors (Lipinski definition) is 3. The SMILES string of the molecule is c1coc(-c2ccnc(N[C@H]3CO[C@H]4[C@@H]3OC[C@@H]4[NH2+]Cc3c[nH]c4ccccc34)n2)c1. The van der Waals surface area contributed by atoms with Crippen LogP contribution in [0.25, 0.3) is 22.4 Å². The highest BCUT2D eigenvalue weighted by molar-refractivity contribution is 5.82. The summed E-state index contributed by atoms with van der Waals surface area (Å²) in [4.78, 5) is 12.3. The van der Waals surface area contributed by atoms with Gasteiger partial charge >= 0.3 is 0 Å². The molecule has 158 valence electrons. The molecule has 31 heavy (non-hydrogen) atoms. The molecule has 4 atom stereocenters. The molecule has 4 N–H and O–H groups in total. The third kappa shape index (κ3) is 3.48. The predicted molar refractivity (Wildman–Crippen MR) is 114 cm³/mol. The van der Waals surface area contributed by atoms with E-state index in [1.165, 1.54) is 16.5 Å². The van der Waals surface area contributed by atoms with E-state index in [4.69, 9.17) is 13.9 Å². The minimum atomic E-state index is -0.0138. The number of H-pyrrole nitrogens is 1. The van der Waals surface area contributed by atoms with Gasteiger partial charge in [-0.3, -0.25) is 0 Å². The zero-order valence-electron chi connectivity index (χ0n) is 16.9. The molecule has 6 rings (SSSR count). The number of para-hydroxylation sites is 1. The van der Waals surface area contributed by atoms with E-state index >= 15 is 0 Å². The first kappa shape index (κ1) is 18.6. The molecule has 0 unspecified atom stereocenters. The van der Waals surface area contributed by atoms with Crippen molar-refractivity contribution in [1.82, 2.24) is 15.0 Å². The molecular weight excluding hydrogens is 394 g/mol. The minimum Gasteiger partial charge on any atom is -0.463 e. The number of furan rings is 1. The van der Waals surface area contributed by atoms with Crippen LogP contribution < -0.4 is 10.6 Å². The van der Waals surface area contributed by atoms with E-state index in [2.05, 4.69) is 56.0 Å². The first-order chi connectivity index (χ1) is 15.3. The second kappa shape index (κ2) is 7.81. The summed E-state index contributed by atoms with van der Waals surface area (Å²) in [5.41, 5.74) is 3.22. The van der Waals surface area contributed by atoms with Gasteiger partial charge in [-0.15, -0.1) is 0 Å². The Morgan fingerprint density at radius 1 is 1.06 bits per heavy atom. The van der Waals surface area contributed by atoms with Crippen molar-refractivity contribution in [2.24, 2.45) is 0 Å². The fourth-order valence-electron chi connectivity index (χ4n) is 4.59. The van der Waals surface area contributed by atoms with Gasteiger partial charge in [-0.1, -0.05) is 18.2 Å². The van der Waals surface area contributed by atoms with Gasteiger partial charge in [0.15, 0.2) is 5.76 Å². The van der Waals surface area contributed by atoms with Crippen LogP contribution in [0.15, 0.2) is 65.5 Å². The second-order valence-electron chi connectivity index (χ2n) is 8.05. The van der Waals surface area contributed by atoms with Crippen molar-refractivity contribution >= 4 is 16.9 Å². The monoisotopic (exact) mass is 418 g/mol. The van der Waals surface area contributed by atoms with E-state index < -0.39 is 0 Å². The zero-order chi connectivity index (χ0) is 20.6. The highest BCUT2D eigenvalue weighted by Gasteiger charge is 2.50. The van der Waals surface area contributed by atoms with Gasteiger partial charge in [0.1, 0.15) is 37.1 Å². The summed E-state index contributed by atoms with van der Waals surface area (Å²) in [5.74, 6) is 1.27. The number of nitrogens with one attached hydrogen (secondary N) is 2. The number of anilines is 1. The molecule has 2 fully saturated rings. The first-order valence-corrected chi connectivity index (χ1v) is 10.6. The number of nitrogens with two attached hydrogens (primary N) is 1. The van der Waals surface area contributed by atoms with Gasteiger partial charge < -0.3 is 29.5 Å². The number of aromatic nitrogens is 3. The summed E-state index contributed by atoms with van der Waals surface area (Å²) in [6.45, 7) is 2.13. The van der Waals surface area contributed by atoms with Crippen molar-refractivity contribution in [3.05, 3.63) is 66.7 Å². The van der Waals surface area contributed by atoms with E-state index in [1.807, 2.05) is 18.2 Å². The van der Waals surface area contributed by atoms with E-state index in [0.29, 0.717) is 19.2 Å². The number of hydrogen-bond acceptors (Lipinski definition) is 6. The highest BCUT2D eigenvalue weighted by Crippen LogP contribution is 2.28. The van der Waals surface area contributed by atoms with Gasteiger partial charge in [-0.25, -0.2) is 9.97 Å². The van der Waals surface area contributed by atoms with Crippen LogP contribution in [0.1, 0.15) is 5.56 Å². The Labute approximate surface area is 179 Å². The summed E-state index contributed by atoms with van der Waals surface area (Å²) < 4.78 is 17.7. The molecule has 2 aliphatic rings. The van der Waals surface area contributed by atoms with Gasteiger partial charge in [0, 0.05) is 28.9 Å². The van der Waals surface area contributed by atoms with Crippen LogP contribution in [0, 0.1) is 0 Å². The largest absolute Gasteiger partial charge is 0.463 e. The maximum absolute atomic E-state index is 6.13. The molecule has 0 amide bonds. The molecular formula is C23H24N5O3+. The van der Waals surface area contributed by atoms with E-state index in [9.17, 15) is 0 Å². The summed E-state index contributed by atoms with van der Waals surface area (Å²) in [6, 6.07) is 14.2. The van der Waals surface area contributed by atoms with Crippen LogP contribution in [-0.4, -0.2) is 52.5 Å². The molecule has 8 nitrogen and oxygen atoms in total. The Kier molecular flexibility index (Phi) is 4.67. The smallest absolute Gasteiger partial charge is 0.223 e. The number of aromatic amines is 1. The standard InChI is InChI=1S/C23H23N5O3/c1-2-5-16-15(4-1)14(10-25-16)11-26-18-12-30-22-19(13-31-21(18)22)28-23-24-8-7-17(27-23)20-6-3-9-29-20/h1-10,18-19,21-22,25-26H,11-13H2,(H,24,27,28)/p+1/t18-,19-,21+,22+/m0/s1. The van der Waals surface area contributed by atoms with Crippen molar-refractivity contribution in [2.75, 3.05) is 18.5 Å². The van der Waals surface area contributed by atoms with E-state index in [1.54, 1.807) is 12.5 Å². The van der Waals surface area contributed by atoms with E-state index in [-0.39, 0.29) is 24.3 Å². The molecule has 8 heteroatoms. The van der Waals surface area contributed by atoms with Crippen LogP contribution in [0.5, 0.6) is 0 Å². The quantitative estimate of drug-likeness (QED) is 0.442. The van der Waals surface area contributed by atoms with Crippen LogP contribution in [0.2, 0.25) is 0 Å². The number of fused-ring (bicyclic) bond motifs is 2. The maximum Gasteiger partial charge on any atom is 0.223 e. The average Bonchev–Trinajstić information content (AvgIpc) is 3.59. The maximum atomic E-state index is 6.13. The van der Waals surface area contributed by atoms with Gasteiger partial charge in [-0.2, -0.15) is 0 Å². The molecule has 2 aliphatic heterocycles. The third-order valence-electron chi connectivity index (χ3n) is 6.15. The average molecular weight is 418 g/mol. The fraction of sp³-hybridized carbons (Fsp3) is 0.304. The van der Waals surface area contributed by atoms with Gasteiger partial charge in [0.05, 0.1) is 18.9 Å². The van der Waals surface area contributed by atoms with Crippen molar-refractivity contribution in [1.29, 1.82) is 0 Å². The lowest BCUT2D eigenvalue weighted by molar-refractivity contribution is -0.707. The Morgan fingerprint density at radius 3 is 2.94 bits per heavy atom. The zero-order valence-corrected chi connectivity index (χ0v) is 16.9.